The zero-order chi connectivity index (χ0) is 22.4. The van der Waals surface area contributed by atoms with Gasteiger partial charge in [0.25, 0.3) is 5.91 Å². The van der Waals surface area contributed by atoms with Gasteiger partial charge in [-0.15, -0.1) is 0 Å². The lowest BCUT2D eigenvalue weighted by Gasteiger charge is -2.44. The molecule has 1 fully saturated rings. The van der Waals surface area contributed by atoms with E-state index in [2.05, 4.69) is 4.90 Å². The third-order valence-corrected chi connectivity index (χ3v) is 6.84. The summed E-state index contributed by atoms with van der Waals surface area (Å²) in [6.07, 6.45) is 0.741. The molecule has 2 aliphatic rings. The first-order valence-corrected chi connectivity index (χ1v) is 10.8. The third kappa shape index (κ3) is 3.35. The number of anilines is 1. The van der Waals surface area contributed by atoms with Crippen molar-refractivity contribution in [2.75, 3.05) is 25.1 Å². The van der Waals surface area contributed by atoms with Crippen LogP contribution in [0.4, 0.5) is 14.5 Å². The SMILES string of the molecule is CN1c2ccc(-c3cccc(F)c3)cc2[C@H]2[C@H](CCN2C(=O)c2cccc(F)c2)[C@H]1CO. The minimum absolute atomic E-state index is 0.0231. The Morgan fingerprint density at radius 1 is 1.00 bits per heavy atom. The number of likely N-dealkylation sites (tertiary alicyclic amines) is 1. The molecule has 32 heavy (non-hydrogen) atoms. The number of aliphatic hydroxyl groups is 1. The van der Waals surface area contributed by atoms with Gasteiger partial charge in [-0.05, 0) is 65.6 Å². The molecule has 1 N–H and O–H groups in total. The van der Waals surface area contributed by atoms with E-state index < -0.39 is 5.82 Å². The molecule has 5 rings (SSSR count). The smallest absolute Gasteiger partial charge is 0.254 e. The summed E-state index contributed by atoms with van der Waals surface area (Å²) in [6.45, 7) is 0.503. The molecule has 0 radical (unpaired) electrons. The summed E-state index contributed by atoms with van der Waals surface area (Å²) in [7, 11) is 1.95. The summed E-state index contributed by atoms with van der Waals surface area (Å²) < 4.78 is 27.6. The standard InChI is InChI=1S/C26H24F2N2O2/c1-29-23-9-8-17(16-4-2-6-19(27)12-16)14-22(23)25-21(24(29)15-31)10-11-30(25)26(32)18-5-3-7-20(28)13-18/h2-9,12-14,21,24-25,31H,10-11,15H2,1H3/t21-,24-,25-/m1/s1. The molecule has 1 amide bonds. The Kier molecular flexibility index (Phi) is 5.18. The second-order valence-corrected chi connectivity index (χ2v) is 8.55. The summed E-state index contributed by atoms with van der Waals surface area (Å²) in [5.41, 5.74) is 3.84. The van der Waals surface area contributed by atoms with Gasteiger partial charge < -0.3 is 14.9 Å². The van der Waals surface area contributed by atoms with Gasteiger partial charge in [-0.2, -0.15) is 0 Å². The van der Waals surface area contributed by atoms with E-state index in [-0.39, 0.29) is 36.3 Å². The van der Waals surface area contributed by atoms with Gasteiger partial charge >= 0.3 is 0 Å². The highest BCUT2D eigenvalue weighted by Gasteiger charge is 2.47. The van der Waals surface area contributed by atoms with E-state index in [0.717, 1.165) is 28.8 Å². The number of hydrogen-bond donors (Lipinski definition) is 1. The van der Waals surface area contributed by atoms with Crippen molar-refractivity contribution >= 4 is 11.6 Å². The lowest BCUT2D eigenvalue weighted by Crippen LogP contribution is -2.48. The number of carbonyl (C=O) groups excluding carboxylic acids is 1. The maximum absolute atomic E-state index is 13.8. The molecule has 0 aliphatic carbocycles. The van der Waals surface area contributed by atoms with E-state index in [9.17, 15) is 18.7 Å². The first-order chi connectivity index (χ1) is 15.5. The molecule has 0 spiro atoms. The van der Waals surface area contributed by atoms with Gasteiger partial charge in [-0.1, -0.05) is 24.3 Å². The van der Waals surface area contributed by atoms with Gasteiger partial charge in [0, 0.05) is 30.8 Å². The van der Waals surface area contributed by atoms with Gasteiger partial charge in [0.1, 0.15) is 11.6 Å². The summed E-state index contributed by atoms with van der Waals surface area (Å²) in [6, 6.07) is 17.7. The molecule has 3 aromatic carbocycles. The van der Waals surface area contributed by atoms with Crippen LogP contribution in [0.3, 0.4) is 0 Å². The molecular weight excluding hydrogens is 410 g/mol. The lowest BCUT2D eigenvalue weighted by molar-refractivity contribution is 0.0693. The molecule has 6 heteroatoms. The van der Waals surface area contributed by atoms with Crippen molar-refractivity contribution in [3.63, 3.8) is 0 Å². The zero-order valence-electron chi connectivity index (χ0n) is 17.7. The maximum atomic E-state index is 13.8. The van der Waals surface area contributed by atoms with E-state index in [4.69, 9.17) is 0 Å². The van der Waals surface area contributed by atoms with Crippen LogP contribution < -0.4 is 4.90 Å². The number of aliphatic hydroxyl groups excluding tert-OH is 1. The fraction of sp³-hybridized carbons (Fsp3) is 0.269. The Morgan fingerprint density at radius 2 is 1.72 bits per heavy atom. The van der Waals surface area contributed by atoms with Crippen LogP contribution in [0.5, 0.6) is 0 Å². The van der Waals surface area contributed by atoms with Crippen LogP contribution in [0.1, 0.15) is 28.4 Å². The van der Waals surface area contributed by atoms with Crippen LogP contribution in [0.25, 0.3) is 11.1 Å². The normalized spacial score (nSPS) is 21.9. The number of carbonyl (C=O) groups is 1. The van der Waals surface area contributed by atoms with Crippen molar-refractivity contribution in [1.82, 2.24) is 4.90 Å². The minimum atomic E-state index is -0.447. The van der Waals surface area contributed by atoms with Crippen molar-refractivity contribution in [2.45, 2.75) is 18.5 Å². The summed E-state index contributed by atoms with van der Waals surface area (Å²) >= 11 is 0. The quantitative estimate of drug-likeness (QED) is 0.653. The molecule has 4 nitrogen and oxygen atoms in total. The Bertz CT molecular complexity index is 1180. The number of hydrogen-bond acceptors (Lipinski definition) is 3. The number of halogens is 2. The van der Waals surface area contributed by atoms with Crippen LogP contribution in [0, 0.1) is 17.6 Å². The Hall–Kier alpha value is -3.25. The van der Waals surface area contributed by atoms with E-state index >= 15 is 0 Å². The van der Waals surface area contributed by atoms with Gasteiger partial charge in [-0.3, -0.25) is 4.79 Å². The van der Waals surface area contributed by atoms with Crippen LogP contribution in [-0.4, -0.2) is 42.2 Å². The molecule has 3 aromatic rings. The van der Waals surface area contributed by atoms with E-state index in [1.807, 2.05) is 31.3 Å². The third-order valence-electron chi connectivity index (χ3n) is 6.84. The summed E-state index contributed by atoms with van der Waals surface area (Å²) in [5.74, 6) is -0.936. The largest absolute Gasteiger partial charge is 0.394 e. The monoisotopic (exact) mass is 434 g/mol. The topological polar surface area (TPSA) is 43.8 Å². The second kappa shape index (κ2) is 8.02. The molecule has 0 bridgehead atoms. The van der Waals surface area contributed by atoms with Gasteiger partial charge in [0.05, 0.1) is 18.7 Å². The van der Waals surface area contributed by atoms with Crippen molar-refractivity contribution < 1.29 is 18.7 Å². The molecule has 1 saturated heterocycles. The minimum Gasteiger partial charge on any atom is -0.394 e. The van der Waals surface area contributed by atoms with Crippen LogP contribution in [0.2, 0.25) is 0 Å². The van der Waals surface area contributed by atoms with Crippen LogP contribution >= 0.6 is 0 Å². The predicted molar refractivity (Wildman–Crippen MR) is 119 cm³/mol. The number of rotatable bonds is 3. The fourth-order valence-electron chi connectivity index (χ4n) is 5.32. The molecule has 3 atom stereocenters. The number of fused-ring (bicyclic) bond motifs is 3. The molecular formula is C26H24F2N2O2. The molecule has 164 valence electrons. The first kappa shape index (κ1) is 20.6. The summed E-state index contributed by atoms with van der Waals surface area (Å²) in [5, 5.41) is 10.1. The maximum Gasteiger partial charge on any atom is 0.254 e. The molecule has 0 aromatic heterocycles. The van der Waals surface area contributed by atoms with Crippen molar-refractivity contribution in [2.24, 2.45) is 5.92 Å². The predicted octanol–water partition coefficient (Wildman–Crippen LogP) is 4.65. The number of benzene rings is 3. The van der Waals surface area contributed by atoms with Crippen molar-refractivity contribution in [3.8, 4) is 11.1 Å². The van der Waals surface area contributed by atoms with Crippen LogP contribution in [0.15, 0.2) is 66.7 Å². The van der Waals surface area contributed by atoms with E-state index in [1.165, 1.54) is 30.3 Å². The molecule has 0 saturated carbocycles. The Labute approximate surface area is 185 Å². The van der Waals surface area contributed by atoms with Gasteiger partial charge in [-0.25, -0.2) is 8.78 Å². The molecule has 0 unspecified atom stereocenters. The average molecular weight is 434 g/mol. The highest BCUT2D eigenvalue weighted by Crippen LogP contribution is 2.49. The van der Waals surface area contributed by atoms with Gasteiger partial charge in [0.2, 0.25) is 0 Å². The average Bonchev–Trinajstić information content (AvgIpc) is 3.23. The molecule has 2 heterocycles. The number of likely N-dealkylation sites (N-methyl/N-ethyl adjacent to an activating group) is 1. The fourth-order valence-corrected chi connectivity index (χ4v) is 5.32. The Balaban J connectivity index is 1.61. The van der Waals surface area contributed by atoms with Crippen molar-refractivity contribution in [1.29, 1.82) is 0 Å². The van der Waals surface area contributed by atoms with E-state index in [0.29, 0.717) is 12.1 Å². The van der Waals surface area contributed by atoms with Gasteiger partial charge in [0.15, 0.2) is 0 Å². The highest BCUT2D eigenvalue weighted by atomic mass is 19.1. The first-order valence-electron chi connectivity index (χ1n) is 10.8. The highest BCUT2D eigenvalue weighted by molar-refractivity contribution is 5.95. The lowest BCUT2D eigenvalue weighted by atomic mass is 9.81. The summed E-state index contributed by atoms with van der Waals surface area (Å²) in [4.78, 5) is 17.2. The number of nitrogens with zero attached hydrogens (tertiary/aromatic N) is 2. The van der Waals surface area contributed by atoms with Crippen molar-refractivity contribution in [3.05, 3.63) is 89.5 Å². The van der Waals surface area contributed by atoms with Crippen LogP contribution in [-0.2, 0) is 0 Å². The second-order valence-electron chi connectivity index (χ2n) is 8.55. The Morgan fingerprint density at radius 3 is 2.44 bits per heavy atom. The zero-order valence-corrected chi connectivity index (χ0v) is 17.7. The number of amides is 1. The molecule has 2 aliphatic heterocycles. The van der Waals surface area contributed by atoms with E-state index in [1.54, 1.807) is 17.0 Å².